The molecular formula is C20H28BrCl3N2O3. The van der Waals surface area contributed by atoms with Crippen molar-refractivity contribution in [3.8, 4) is 11.5 Å². The molecule has 2 aromatic rings. The second-order valence-electron chi connectivity index (χ2n) is 5.99. The molecule has 0 bridgehead atoms. The van der Waals surface area contributed by atoms with E-state index in [1.807, 2.05) is 36.4 Å². The second kappa shape index (κ2) is 16.0. The van der Waals surface area contributed by atoms with E-state index in [4.69, 9.17) is 26.2 Å². The molecule has 29 heavy (non-hydrogen) atoms. The fourth-order valence-corrected chi connectivity index (χ4v) is 3.35. The van der Waals surface area contributed by atoms with Crippen molar-refractivity contribution in [3.63, 3.8) is 0 Å². The van der Waals surface area contributed by atoms with Crippen LogP contribution < -0.4 is 20.1 Å². The fraction of sp³-hybridized carbons (Fsp3) is 0.400. The number of benzene rings is 2. The standard InChI is InChI=1S/C20H26BrClN2O3.2ClH/c1-26-19-12-15(13-24-8-4-7-23-9-10-25)11-17(21)20(19)27-14-16-5-2-3-6-18(16)22;;/h2-3,5-6,11-12,23-25H,4,7-10,13-14H2,1H3;2*1H. The number of nitrogens with one attached hydrogen (secondary N) is 2. The third kappa shape index (κ3) is 9.75. The fourth-order valence-electron chi connectivity index (χ4n) is 2.56. The van der Waals surface area contributed by atoms with Crippen LogP contribution in [-0.4, -0.2) is 38.5 Å². The van der Waals surface area contributed by atoms with Crippen LogP contribution in [0.5, 0.6) is 11.5 Å². The smallest absolute Gasteiger partial charge is 0.175 e. The van der Waals surface area contributed by atoms with E-state index < -0.39 is 0 Å². The Morgan fingerprint density at radius 3 is 2.48 bits per heavy atom. The molecule has 0 spiro atoms. The number of aliphatic hydroxyl groups excluding tert-OH is 1. The zero-order valence-corrected chi connectivity index (χ0v) is 20.2. The van der Waals surface area contributed by atoms with Gasteiger partial charge in [0.2, 0.25) is 0 Å². The summed E-state index contributed by atoms with van der Waals surface area (Å²) in [5.41, 5.74) is 2.03. The molecule has 164 valence electrons. The van der Waals surface area contributed by atoms with Crippen LogP contribution >= 0.6 is 52.3 Å². The molecular weight excluding hydrogens is 502 g/mol. The van der Waals surface area contributed by atoms with E-state index in [0.717, 1.165) is 41.7 Å². The van der Waals surface area contributed by atoms with Crippen molar-refractivity contribution in [2.24, 2.45) is 0 Å². The van der Waals surface area contributed by atoms with Gasteiger partial charge < -0.3 is 25.2 Å². The van der Waals surface area contributed by atoms with Crippen LogP contribution in [0.4, 0.5) is 0 Å². The van der Waals surface area contributed by atoms with Gasteiger partial charge in [0.05, 0.1) is 18.2 Å². The topological polar surface area (TPSA) is 62.8 Å². The lowest BCUT2D eigenvalue weighted by Crippen LogP contribution is -2.23. The molecule has 0 amide bonds. The summed E-state index contributed by atoms with van der Waals surface area (Å²) in [5, 5.41) is 16.0. The van der Waals surface area contributed by atoms with Gasteiger partial charge in [0.25, 0.3) is 0 Å². The van der Waals surface area contributed by atoms with Gasteiger partial charge in [-0.3, -0.25) is 0 Å². The molecule has 0 fully saturated rings. The van der Waals surface area contributed by atoms with Crippen molar-refractivity contribution in [2.75, 3.05) is 33.4 Å². The van der Waals surface area contributed by atoms with Crippen LogP contribution in [0.25, 0.3) is 0 Å². The Bertz CT molecular complexity index is 723. The highest BCUT2D eigenvalue weighted by Crippen LogP contribution is 2.37. The highest BCUT2D eigenvalue weighted by Gasteiger charge is 2.12. The van der Waals surface area contributed by atoms with Crippen LogP contribution in [0.1, 0.15) is 17.5 Å². The highest BCUT2D eigenvalue weighted by atomic mass is 79.9. The van der Waals surface area contributed by atoms with Gasteiger partial charge in [-0.1, -0.05) is 29.8 Å². The van der Waals surface area contributed by atoms with Gasteiger partial charge in [0.1, 0.15) is 6.61 Å². The van der Waals surface area contributed by atoms with Crippen LogP contribution in [-0.2, 0) is 13.2 Å². The summed E-state index contributed by atoms with van der Waals surface area (Å²) in [7, 11) is 1.63. The molecule has 5 nitrogen and oxygen atoms in total. The maximum atomic E-state index is 8.72. The maximum absolute atomic E-state index is 8.72. The third-order valence-corrected chi connectivity index (χ3v) is 4.90. The Morgan fingerprint density at radius 2 is 1.79 bits per heavy atom. The average Bonchev–Trinajstić information content (AvgIpc) is 2.67. The minimum atomic E-state index is 0. The molecule has 0 aliphatic carbocycles. The highest BCUT2D eigenvalue weighted by molar-refractivity contribution is 9.10. The molecule has 0 saturated heterocycles. The molecule has 0 aliphatic heterocycles. The normalized spacial score (nSPS) is 10.1. The second-order valence-corrected chi connectivity index (χ2v) is 7.25. The third-order valence-electron chi connectivity index (χ3n) is 3.94. The van der Waals surface area contributed by atoms with E-state index in [1.165, 1.54) is 0 Å². The zero-order valence-electron chi connectivity index (χ0n) is 16.2. The molecule has 0 aliphatic rings. The minimum absolute atomic E-state index is 0. The average molecular weight is 531 g/mol. The summed E-state index contributed by atoms with van der Waals surface area (Å²) in [5.74, 6) is 1.34. The van der Waals surface area contributed by atoms with Crippen LogP contribution in [0, 0.1) is 0 Å². The molecule has 0 heterocycles. The zero-order chi connectivity index (χ0) is 19.5. The summed E-state index contributed by atoms with van der Waals surface area (Å²) >= 11 is 9.77. The lowest BCUT2D eigenvalue weighted by atomic mass is 10.2. The van der Waals surface area contributed by atoms with Crippen molar-refractivity contribution in [3.05, 3.63) is 57.0 Å². The Labute approximate surface area is 198 Å². The monoisotopic (exact) mass is 528 g/mol. The van der Waals surface area contributed by atoms with E-state index in [9.17, 15) is 0 Å². The van der Waals surface area contributed by atoms with Crippen molar-refractivity contribution in [2.45, 2.75) is 19.6 Å². The summed E-state index contributed by atoms with van der Waals surface area (Å²) < 4.78 is 12.3. The molecule has 0 saturated carbocycles. The van der Waals surface area contributed by atoms with Gasteiger partial charge in [-0.2, -0.15) is 0 Å². The first-order valence-corrected chi connectivity index (χ1v) is 10.1. The summed E-state index contributed by atoms with van der Waals surface area (Å²) in [4.78, 5) is 0. The predicted molar refractivity (Wildman–Crippen MR) is 127 cm³/mol. The van der Waals surface area contributed by atoms with Crippen LogP contribution in [0.15, 0.2) is 40.9 Å². The molecule has 0 radical (unpaired) electrons. The Balaban J connectivity index is 0.00000392. The van der Waals surface area contributed by atoms with Crippen molar-refractivity contribution >= 4 is 52.3 Å². The number of hydrogen-bond donors (Lipinski definition) is 3. The largest absolute Gasteiger partial charge is 0.493 e. The maximum Gasteiger partial charge on any atom is 0.175 e. The van der Waals surface area contributed by atoms with E-state index in [0.29, 0.717) is 29.7 Å². The van der Waals surface area contributed by atoms with Gasteiger partial charge >= 0.3 is 0 Å². The molecule has 3 N–H and O–H groups in total. The van der Waals surface area contributed by atoms with Crippen LogP contribution in [0.2, 0.25) is 5.02 Å². The predicted octanol–water partition coefficient (Wildman–Crippen LogP) is 4.60. The van der Waals surface area contributed by atoms with E-state index >= 15 is 0 Å². The molecule has 9 heteroatoms. The quantitative estimate of drug-likeness (QED) is 0.350. The van der Waals surface area contributed by atoms with Crippen molar-refractivity contribution in [1.29, 1.82) is 0 Å². The first-order valence-electron chi connectivity index (χ1n) is 8.90. The lowest BCUT2D eigenvalue weighted by Gasteiger charge is -2.15. The van der Waals surface area contributed by atoms with E-state index in [1.54, 1.807) is 7.11 Å². The Hall–Kier alpha value is -0.730. The number of methoxy groups -OCH3 is 1. The number of halogens is 4. The minimum Gasteiger partial charge on any atom is -0.493 e. The summed E-state index contributed by atoms with van der Waals surface area (Å²) in [6.45, 7) is 3.69. The molecule has 0 atom stereocenters. The summed E-state index contributed by atoms with van der Waals surface area (Å²) in [6, 6.07) is 11.6. The number of aliphatic hydroxyl groups is 1. The number of rotatable bonds is 12. The lowest BCUT2D eigenvalue weighted by molar-refractivity contribution is 0.282. The van der Waals surface area contributed by atoms with Crippen molar-refractivity contribution in [1.82, 2.24) is 10.6 Å². The van der Waals surface area contributed by atoms with E-state index in [2.05, 4.69) is 26.6 Å². The number of ether oxygens (including phenoxy) is 2. The number of hydrogen-bond acceptors (Lipinski definition) is 5. The van der Waals surface area contributed by atoms with E-state index in [-0.39, 0.29) is 31.4 Å². The summed E-state index contributed by atoms with van der Waals surface area (Å²) in [6.07, 6.45) is 0.997. The van der Waals surface area contributed by atoms with Gasteiger partial charge in [-0.25, -0.2) is 0 Å². The Morgan fingerprint density at radius 1 is 1.07 bits per heavy atom. The SMILES string of the molecule is COc1cc(CNCCCNCCO)cc(Br)c1OCc1ccccc1Cl.Cl.Cl. The molecule has 0 aromatic heterocycles. The van der Waals surface area contributed by atoms with Crippen LogP contribution in [0.3, 0.4) is 0 Å². The Kier molecular flexibility index (Phi) is 15.6. The molecule has 0 unspecified atom stereocenters. The van der Waals surface area contributed by atoms with Gasteiger partial charge in [-0.15, -0.1) is 24.8 Å². The van der Waals surface area contributed by atoms with Crippen molar-refractivity contribution < 1.29 is 14.6 Å². The first-order chi connectivity index (χ1) is 13.2. The first kappa shape index (κ1) is 28.3. The van der Waals surface area contributed by atoms with Gasteiger partial charge in [0, 0.05) is 23.7 Å². The van der Waals surface area contributed by atoms with Gasteiger partial charge in [-0.05, 0) is 59.2 Å². The molecule has 2 rings (SSSR count). The van der Waals surface area contributed by atoms with Gasteiger partial charge in [0.15, 0.2) is 11.5 Å². The molecule has 2 aromatic carbocycles.